The average molecular weight is 245 g/mol. The number of imidazole rings is 1. The molecule has 5 nitrogen and oxygen atoms in total. The molecule has 0 spiro atoms. The van der Waals surface area contributed by atoms with Gasteiger partial charge in [-0.3, -0.25) is 0 Å². The van der Waals surface area contributed by atoms with Crippen LogP contribution in [-0.2, 0) is 11.3 Å². The summed E-state index contributed by atoms with van der Waals surface area (Å²) in [5.74, 6) is 0. The van der Waals surface area contributed by atoms with E-state index in [9.17, 15) is 4.79 Å². The molecule has 0 aliphatic heterocycles. The number of aromatic nitrogens is 2. The van der Waals surface area contributed by atoms with Crippen LogP contribution in [0.1, 0.15) is 18.7 Å². The van der Waals surface area contributed by atoms with E-state index >= 15 is 0 Å². The number of ether oxygens (including phenoxy) is 1. The van der Waals surface area contributed by atoms with E-state index < -0.39 is 6.09 Å². The third-order valence-electron chi connectivity index (χ3n) is 2.51. The van der Waals surface area contributed by atoms with Crippen LogP contribution in [-0.4, -0.2) is 15.6 Å². The number of nitrogens with one attached hydrogen (secondary N) is 1. The molecule has 0 bridgehead atoms. The zero-order valence-electron chi connectivity index (χ0n) is 10.1. The van der Waals surface area contributed by atoms with E-state index in [0.717, 1.165) is 5.56 Å². The lowest BCUT2D eigenvalue weighted by atomic mass is 10.2. The highest BCUT2D eigenvalue weighted by Gasteiger charge is 2.08. The summed E-state index contributed by atoms with van der Waals surface area (Å²) in [6.45, 7) is 2.12. The number of carbonyl (C=O) groups excluding carboxylic acids is 1. The normalized spacial score (nSPS) is 11.8. The van der Waals surface area contributed by atoms with Gasteiger partial charge in [-0.2, -0.15) is 0 Å². The summed E-state index contributed by atoms with van der Waals surface area (Å²) in [7, 11) is 0. The number of amides is 1. The lowest BCUT2D eigenvalue weighted by Gasteiger charge is -2.14. The minimum absolute atomic E-state index is 0.184. The molecule has 1 unspecified atom stereocenters. The summed E-state index contributed by atoms with van der Waals surface area (Å²) < 4.78 is 6.89. The Balaban J connectivity index is 1.79. The largest absolute Gasteiger partial charge is 0.445 e. The molecule has 1 aromatic heterocycles. The van der Waals surface area contributed by atoms with Crippen molar-refractivity contribution in [3.8, 4) is 0 Å². The number of hydrogen-bond donors (Lipinski definition) is 1. The van der Waals surface area contributed by atoms with Crippen molar-refractivity contribution in [2.24, 2.45) is 0 Å². The second-order valence-corrected chi connectivity index (χ2v) is 3.89. The van der Waals surface area contributed by atoms with Crippen LogP contribution in [0.3, 0.4) is 0 Å². The molecule has 1 heterocycles. The number of rotatable bonds is 4. The summed E-state index contributed by atoms with van der Waals surface area (Å²) in [5.41, 5.74) is 0.961. The zero-order chi connectivity index (χ0) is 12.8. The second-order valence-electron chi connectivity index (χ2n) is 3.89. The Bertz CT molecular complexity index is 482. The molecule has 0 aliphatic rings. The van der Waals surface area contributed by atoms with E-state index in [4.69, 9.17) is 4.74 Å². The lowest BCUT2D eigenvalue weighted by Crippen LogP contribution is -2.30. The predicted molar refractivity (Wildman–Crippen MR) is 66.7 cm³/mol. The van der Waals surface area contributed by atoms with Gasteiger partial charge in [0.1, 0.15) is 12.8 Å². The molecule has 94 valence electrons. The first kappa shape index (κ1) is 12.2. The molecule has 2 aromatic rings. The topological polar surface area (TPSA) is 56.1 Å². The summed E-state index contributed by atoms with van der Waals surface area (Å²) in [5, 5.41) is 2.71. The van der Waals surface area contributed by atoms with E-state index in [-0.39, 0.29) is 12.8 Å². The van der Waals surface area contributed by atoms with Crippen molar-refractivity contribution in [3.05, 3.63) is 54.6 Å². The molecule has 1 N–H and O–H groups in total. The van der Waals surface area contributed by atoms with Crippen molar-refractivity contribution in [1.82, 2.24) is 14.9 Å². The highest BCUT2D eigenvalue weighted by Crippen LogP contribution is 2.03. The molecule has 5 heteroatoms. The smallest absolute Gasteiger partial charge is 0.409 e. The van der Waals surface area contributed by atoms with Gasteiger partial charge in [-0.15, -0.1) is 0 Å². The minimum Gasteiger partial charge on any atom is -0.445 e. The van der Waals surface area contributed by atoms with Crippen LogP contribution in [0.4, 0.5) is 4.79 Å². The maximum Gasteiger partial charge on any atom is 0.409 e. The van der Waals surface area contributed by atoms with Gasteiger partial charge in [-0.05, 0) is 12.5 Å². The lowest BCUT2D eigenvalue weighted by molar-refractivity contribution is 0.132. The maximum absolute atomic E-state index is 11.6. The first-order chi connectivity index (χ1) is 8.75. The van der Waals surface area contributed by atoms with Gasteiger partial charge in [0.25, 0.3) is 0 Å². The van der Waals surface area contributed by atoms with Crippen molar-refractivity contribution in [3.63, 3.8) is 0 Å². The summed E-state index contributed by atoms with van der Waals surface area (Å²) in [6.07, 6.45) is 4.45. The fraction of sp³-hybridized carbons (Fsp3) is 0.231. The van der Waals surface area contributed by atoms with Crippen LogP contribution < -0.4 is 5.32 Å². The number of alkyl carbamates (subject to hydrolysis) is 1. The first-order valence-corrected chi connectivity index (χ1v) is 5.70. The molecule has 1 aromatic carbocycles. The van der Waals surface area contributed by atoms with Crippen molar-refractivity contribution < 1.29 is 9.53 Å². The van der Waals surface area contributed by atoms with Gasteiger partial charge in [-0.1, -0.05) is 30.3 Å². The highest BCUT2D eigenvalue weighted by molar-refractivity contribution is 5.67. The van der Waals surface area contributed by atoms with Gasteiger partial charge in [0.15, 0.2) is 0 Å². The van der Waals surface area contributed by atoms with Gasteiger partial charge in [-0.25, -0.2) is 9.78 Å². The minimum atomic E-state index is -0.444. The molecular weight excluding hydrogens is 230 g/mol. The van der Waals surface area contributed by atoms with E-state index in [1.165, 1.54) is 0 Å². The van der Waals surface area contributed by atoms with Crippen LogP contribution >= 0.6 is 0 Å². The zero-order valence-corrected chi connectivity index (χ0v) is 10.1. The number of carbonyl (C=O) groups is 1. The Morgan fingerprint density at radius 1 is 1.44 bits per heavy atom. The SMILES string of the molecule is CC(NC(=O)OCc1ccccc1)n1ccnc1. The highest BCUT2D eigenvalue weighted by atomic mass is 16.5. The van der Waals surface area contributed by atoms with Gasteiger partial charge in [0, 0.05) is 12.4 Å². The molecule has 0 aliphatic carbocycles. The predicted octanol–water partition coefficient (Wildman–Crippen LogP) is 2.33. The fourth-order valence-electron chi connectivity index (χ4n) is 1.51. The van der Waals surface area contributed by atoms with Gasteiger partial charge in [0.05, 0.1) is 6.33 Å². The molecule has 0 fully saturated rings. The molecular formula is C13H15N3O2. The molecule has 1 atom stereocenters. The second kappa shape index (κ2) is 5.86. The van der Waals surface area contributed by atoms with Gasteiger partial charge >= 0.3 is 6.09 Å². The van der Waals surface area contributed by atoms with Crippen LogP contribution in [0.2, 0.25) is 0 Å². The van der Waals surface area contributed by atoms with Crippen LogP contribution in [0, 0.1) is 0 Å². The molecule has 0 saturated carbocycles. The quantitative estimate of drug-likeness (QED) is 0.899. The van der Waals surface area contributed by atoms with Crippen LogP contribution in [0.25, 0.3) is 0 Å². The number of hydrogen-bond acceptors (Lipinski definition) is 3. The third-order valence-corrected chi connectivity index (χ3v) is 2.51. The first-order valence-electron chi connectivity index (χ1n) is 5.70. The summed E-state index contributed by atoms with van der Waals surface area (Å²) in [4.78, 5) is 15.5. The van der Waals surface area contributed by atoms with Crippen LogP contribution in [0.15, 0.2) is 49.1 Å². The molecule has 0 saturated heterocycles. The Morgan fingerprint density at radius 2 is 2.22 bits per heavy atom. The maximum atomic E-state index is 11.6. The third kappa shape index (κ3) is 3.35. The summed E-state index contributed by atoms with van der Waals surface area (Å²) in [6, 6.07) is 9.55. The van der Waals surface area contributed by atoms with E-state index in [1.54, 1.807) is 23.3 Å². The molecule has 0 radical (unpaired) electrons. The van der Waals surface area contributed by atoms with E-state index in [1.807, 2.05) is 37.3 Å². The van der Waals surface area contributed by atoms with Crippen molar-refractivity contribution in [2.45, 2.75) is 19.7 Å². The molecule has 2 rings (SSSR count). The van der Waals surface area contributed by atoms with Gasteiger partial charge < -0.3 is 14.6 Å². The monoisotopic (exact) mass is 245 g/mol. The van der Waals surface area contributed by atoms with Crippen molar-refractivity contribution >= 4 is 6.09 Å². The van der Waals surface area contributed by atoms with Crippen molar-refractivity contribution in [1.29, 1.82) is 0 Å². The Labute approximate surface area is 105 Å². The number of benzene rings is 1. The van der Waals surface area contributed by atoms with Gasteiger partial charge in [0.2, 0.25) is 0 Å². The Hall–Kier alpha value is -2.30. The standard InChI is InChI=1S/C13H15N3O2/c1-11(16-8-7-14-10-16)15-13(17)18-9-12-5-3-2-4-6-12/h2-8,10-11H,9H2,1H3,(H,15,17). The Morgan fingerprint density at radius 3 is 2.89 bits per heavy atom. The fourth-order valence-corrected chi connectivity index (χ4v) is 1.51. The van der Waals surface area contributed by atoms with E-state index in [2.05, 4.69) is 10.3 Å². The number of nitrogens with zero attached hydrogens (tertiary/aromatic N) is 2. The molecule has 18 heavy (non-hydrogen) atoms. The average Bonchev–Trinajstić information content (AvgIpc) is 2.91. The van der Waals surface area contributed by atoms with Crippen molar-refractivity contribution in [2.75, 3.05) is 0 Å². The molecule has 1 amide bonds. The van der Waals surface area contributed by atoms with E-state index in [0.29, 0.717) is 0 Å². The summed E-state index contributed by atoms with van der Waals surface area (Å²) >= 11 is 0. The van der Waals surface area contributed by atoms with Crippen LogP contribution in [0.5, 0.6) is 0 Å². The Kier molecular flexibility index (Phi) is 3.96.